The number of methoxy groups -OCH3 is 2. The number of nitrogens with zero attached hydrogens (tertiary/aromatic N) is 1. The van der Waals surface area contributed by atoms with Crippen molar-refractivity contribution in [1.29, 1.82) is 0 Å². The molecule has 1 aromatic carbocycles. The Morgan fingerprint density at radius 1 is 1.04 bits per heavy atom. The summed E-state index contributed by atoms with van der Waals surface area (Å²) in [4.78, 5) is 4.34. The number of hydrogen-bond acceptors (Lipinski definition) is 4. The van der Waals surface area contributed by atoms with Crippen LogP contribution in [0.2, 0.25) is 0 Å². The summed E-state index contributed by atoms with van der Waals surface area (Å²) in [6.45, 7) is 3.66. The average molecular weight is 364 g/mol. The molecule has 6 nitrogen and oxygen atoms in total. The van der Waals surface area contributed by atoms with Crippen LogP contribution in [-0.4, -0.2) is 53.6 Å². The molecule has 0 atom stereocenters. The predicted octanol–water partition coefficient (Wildman–Crippen LogP) is 2.58. The minimum Gasteiger partial charge on any atom is -0.491 e. The number of benzene rings is 1. The first-order valence-corrected chi connectivity index (χ1v) is 9.35. The minimum atomic E-state index is 0.370. The van der Waals surface area contributed by atoms with Crippen molar-refractivity contribution in [2.24, 2.45) is 10.4 Å². The van der Waals surface area contributed by atoms with Crippen molar-refractivity contribution in [3.8, 4) is 5.75 Å². The van der Waals surface area contributed by atoms with Crippen LogP contribution >= 0.6 is 0 Å². The topological polar surface area (TPSA) is 64.1 Å². The fourth-order valence-electron chi connectivity index (χ4n) is 3.13. The molecule has 1 saturated carbocycles. The molecule has 1 aliphatic rings. The third-order valence-corrected chi connectivity index (χ3v) is 5.04. The van der Waals surface area contributed by atoms with Gasteiger partial charge >= 0.3 is 0 Å². The molecule has 2 rings (SSSR count). The summed E-state index contributed by atoms with van der Waals surface area (Å²) in [5.41, 5.74) is 1.55. The Bertz CT molecular complexity index is 542. The molecule has 0 aromatic heterocycles. The fraction of sp³-hybridized carbons (Fsp3) is 0.650. The number of nitrogens with one attached hydrogen (secondary N) is 2. The molecule has 6 heteroatoms. The maximum absolute atomic E-state index is 5.58. The third-order valence-electron chi connectivity index (χ3n) is 5.04. The van der Waals surface area contributed by atoms with Gasteiger partial charge in [0.05, 0.1) is 6.61 Å². The second kappa shape index (κ2) is 11.0. The highest BCUT2D eigenvalue weighted by Gasteiger charge is 2.36. The average Bonchev–Trinajstić information content (AvgIpc) is 2.64. The molecule has 26 heavy (non-hydrogen) atoms. The molecule has 2 N–H and O–H groups in total. The largest absolute Gasteiger partial charge is 0.491 e. The lowest BCUT2D eigenvalue weighted by Crippen LogP contribution is -2.46. The van der Waals surface area contributed by atoms with Gasteiger partial charge < -0.3 is 24.8 Å². The first-order valence-electron chi connectivity index (χ1n) is 9.35. The molecular weight excluding hydrogens is 330 g/mol. The van der Waals surface area contributed by atoms with Crippen molar-refractivity contribution in [2.45, 2.75) is 32.2 Å². The zero-order valence-electron chi connectivity index (χ0n) is 16.3. The normalized spacial score (nSPS) is 16.0. The molecule has 0 amide bonds. The summed E-state index contributed by atoms with van der Waals surface area (Å²) in [7, 11) is 5.25. The maximum Gasteiger partial charge on any atom is 0.191 e. The van der Waals surface area contributed by atoms with E-state index in [1.807, 2.05) is 19.2 Å². The quantitative estimate of drug-likeness (QED) is 0.359. The molecule has 0 saturated heterocycles. The number of aliphatic imine (C=N–C) groups is 1. The van der Waals surface area contributed by atoms with Crippen LogP contribution in [0, 0.1) is 5.41 Å². The van der Waals surface area contributed by atoms with Crippen LogP contribution in [0.15, 0.2) is 29.3 Å². The van der Waals surface area contributed by atoms with Gasteiger partial charge in [-0.3, -0.25) is 4.99 Å². The van der Waals surface area contributed by atoms with Crippen molar-refractivity contribution < 1.29 is 14.2 Å². The SMILES string of the molecule is CN=C(NCc1ccc(OCCOC)cc1)NCC1(CCOC)CCC1. The van der Waals surface area contributed by atoms with Gasteiger partial charge in [0.2, 0.25) is 0 Å². The van der Waals surface area contributed by atoms with Gasteiger partial charge in [-0.15, -0.1) is 0 Å². The summed E-state index contributed by atoms with van der Waals surface area (Å²) >= 11 is 0. The van der Waals surface area contributed by atoms with E-state index >= 15 is 0 Å². The van der Waals surface area contributed by atoms with Gasteiger partial charge in [0, 0.05) is 41.0 Å². The molecular formula is C20H33N3O3. The highest BCUT2D eigenvalue weighted by atomic mass is 16.5. The zero-order chi connectivity index (χ0) is 18.7. The Morgan fingerprint density at radius 2 is 1.77 bits per heavy atom. The Labute approximate surface area is 157 Å². The summed E-state index contributed by atoms with van der Waals surface area (Å²) in [5, 5.41) is 6.86. The highest BCUT2D eigenvalue weighted by Crippen LogP contribution is 2.43. The predicted molar refractivity (Wildman–Crippen MR) is 105 cm³/mol. The van der Waals surface area contributed by atoms with E-state index in [0.717, 1.165) is 37.8 Å². The van der Waals surface area contributed by atoms with Gasteiger partial charge in [0.25, 0.3) is 0 Å². The Kier molecular flexibility index (Phi) is 8.71. The number of guanidine groups is 1. The van der Waals surface area contributed by atoms with E-state index in [1.54, 1.807) is 14.2 Å². The van der Waals surface area contributed by atoms with E-state index in [-0.39, 0.29) is 0 Å². The summed E-state index contributed by atoms with van der Waals surface area (Å²) in [6.07, 6.45) is 4.96. The van der Waals surface area contributed by atoms with Crippen LogP contribution in [-0.2, 0) is 16.0 Å². The van der Waals surface area contributed by atoms with Crippen molar-refractivity contribution in [3.05, 3.63) is 29.8 Å². The van der Waals surface area contributed by atoms with E-state index in [1.165, 1.54) is 24.8 Å². The molecule has 0 radical (unpaired) electrons. The van der Waals surface area contributed by atoms with Crippen LogP contribution in [0.25, 0.3) is 0 Å². The Balaban J connectivity index is 1.74. The summed E-state index contributed by atoms with van der Waals surface area (Å²) < 4.78 is 15.8. The van der Waals surface area contributed by atoms with E-state index in [2.05, 4.69) is 27.8 Å². The lowest BCUT2D eigenvalue weighted by Gasteiger charge is -2.42. The van der Waals surface area contributed by atoms with Crippen LogP contribution in [0.1, 0.15) is 31.2 Å². The lowest BCUT2D eigenvalue weighted by atomic mass is 9.67. The van der Waals surface area contributed by atoms with Crippen LogP contribution in [0.5, 0.6) is 5.75 Å². The second-order valence-electron chi connectivity index (χ2n) is 6.86. The van der Waals surface area contributed by atoms with Gasteiger partial charge in [-0.25, -0.2) is 0 Å². The number of ether oxygens (including phenoxy) is 3. The second-order valence-corrected chi connectivity index (χ2v) is 6.86. The highest BCUT2D eigenvalue weighted by molar-refractivity contribution is 5.79. The molecule has 0 unspecified atom stereocenters. The fourth-order valence-corrected chi connectivity index (χ4v) is 3.13. The number of rotatable bonds is 11. The van der Waals surface area contributed by atoms with Crippen molar-refractivity contribution in [1.82, 2.24) is 10.6 Å². The van der Waals surface area contributed by atoms with Crippen molar-refractivity contribution in [3.63, 3.8) is 0 Å². The standard InChI is InChI=1S/C20H33N3O3/c1-21-19(23-16-20(9-4-10-20)11-12-24-2)22-15-17-5-7-18(8-6-17)26-14-13-25-3/h5-8H,4,9-16H2,1-3H3,(H2,21,22,23). The van der Waals surface area contributed by atoms with Crippen LogP contribution < -0.4 is 15.4 Å². The molecule has 1 aromatic rings. The molecule has 146 valence electrons. The maximum atomic E-state index is 5.58. The monoisotopic (exact) mass is 363 g/mol. The van der Waals surface area contributed by atoms with Crippen molar-refractivity contribution in [2.75, 3.05) is 47.6 Å². The van der Waals surface area contributed by atoms with Crippen LogP contribution in [0.3, 0.4) is 0 Å². The van der Waals surface area contributed by atoms with E-state index in [4.69, 9.17) is 14.2 Å². The van der Waals surface area contributed by atoms with Crippen LogP contribution in [0.4, 0.5) is 0 Å². The van der Waals surface area contributed by atoms with Gasteiger partial charge in [-0.2, -0.15) is 0 Å². The molecule has 0 heterocycles. The number of hydrogen-bond donors (Lipinski definition) is 2. The molecule has 1 fully saturated rings. The van der Waals surface area contributed by atoms with E-state index in [9.17, 15) is 0 Å². The third kappa shape index (κ3) is 6.50. The van der Waals surface area contributed by atoms with Gasteiger partial charge in [0.1, 0.15) is 12.4 Å². The smallest absolute Gasteiger partial charge is 0.191 e. The lowest BCUT2D eigenvalue weighted by molar-refractivity contribution is 0.0732. The van der Waals surface area contributed by atoms with Crippen molar-refractivity contribution >= 4 is 5.96 Å². The summed E-state index contributed by atoms with van der Waals surface area (Å²) in [5.74, 6) is 1.70. The van der Waals surface area contributed by atoms with Gasteiger partial charge in [0.15, 0.2) is 5.96 Å². The Morgan fingerprint density at radius 3 is 2.35 bits per heavy atom. The zero-order valence-corrected chi connectivity index (χ0v) is 16.3. The van der Waals surface area contributed by atoms with Gasteiger partial charge in [-0.05, 0) is 42.4 Å². The molecule has 0 aliphatic heterocycles. The molecule has 0 spiro atoms. The first kappa shape index (κ1) is 20.5. The minimum absolute atomic E-state index is 0.370. The molecule has 1 aliphatic carbocycles. The van der Waals surface area contributed by atoms with Gasteiger partial charge in [-0.1, -0.05) is 18.6 Å². The first-order chi connectivity index (χ1) is 12.7. The van der Waals surface area contributed by atoms with E-state index in [0.29, 0.717) is 18.6 Å². The Hall–Kier alpha value is -1.79. The van der Waals surface area contributed by atoms with E-state index < -0.39 is 0 Å². The summed E-state index contributed by atoms with van der Waals surface area (Å²) in [6, 6.07) is 8.09. The molecule has 0 bridgehead atoms.